The number of halogens is 1. The highest BCUT2D eigenvalue weighted by Gasteiger charge is 2.17. The molecule has 1 N–H and O–H groups in total. The largest absolute Gasteiger partial charge is 0.480 e. The Morgan fingerprint density at radius 1 is 1.13 bits per heavy atom. The first-order valence-electron chi connectivity index (χ1n) is 9.22. The van der Waals surface area contributed by atoms with Crippen molar-refractivity contribution >= 4 is 37.6 Å². The second-order valence-corrected chi connectivity index (χ2v) is 9.33. The van der Waals surface area contributed by atoms with Crippen LogP contribution in [0.15, 0.2) is 53.4 Å². The van der Waals surface area contributed by atoms with Crippen LogP contribution in [0.1, 0.15) is 17.0 Å². The maximum Gasteiger partial charge on any atom is 0.323 e. The zero-order chi connectivity index (χ0) is 21.6. The first-order chi connectivity index (χ1) is 14.1. The van der Waals surface area contributed by atoms with E-state index >= 15 is 0 Å². The molecule has 4 rings (SSSR count). The van der Waals surface area contributed by atoms with Crippen LogP contribution < -0.4 is 0 Å². The normalized spacial score (nSPS) is 12.0. The third-order valence-electron chi connectivity index (χ3n) is 5.21. The van der Waals surface area contributed by atoms with E-state index in [2.05, 4.69) is 4.98 Å². The SMILES string of the molecule is Cc1c(Cc2ccc3cc(S(C)(=O)=O)ccc3n2)c2cc(F)ccc2n1CC(=O)O. The summed E-state index contributed by atoms with van der Waals surface area (Å²) < 4.78 is 39.1. The maximum absolute atomic E-state index is 13.9. The number of carboxylic acids is 1. The molecule has 2 aromatic carbocycles. The van der Waals surface area contributed by atoms with E-state index in [9.17, 15) is 22.7 Å². The predicted molar refractivity (Wildman–Crippen MR) is 112 cm³/mol. The van der Waals surface area contributed by atoms with Gasteiger partial charge in [0.05, 0.1) is 10.4 Å². The number of hydrogen-bond acceptors (Lipinski definition) is 4. The van der Waals surface area contributed by atoms with Crippen LogP contribution in [-0.4, -0.2) is 35.3 Å². The summed E-state index contributed by atoms with van der Waals surface area (Å²) in [6.45, 7) is 1.60. The van der Waals surface area contributed by atoms with E-state index in [1.54, 1.807) is 34.9 Å². The molecule has 0 aliphatic heterocycles. The lowest BCUT2D eigenvalue weighted by Gasteiger charge is -2.07. The summed E-state index contributed by atoms with van der Waals surface area (Å²) in [4.78, 5) is 16.1. The van der Waals surface area contributed by atoms with Gasteiger partial charge in [0.1, 0.15) is 12.4 Å². The van der Waals surface area contributed by atoms with Crippen molar-refractivity contribution in [3.63, 3.8) is 0 Å². The van der Waals surface area contributed by atoms with Gasteiger partial charge in [0.15, 0.2) is 9.84 Å². The topological polar surface area (TPSA) is 89.3 Å². The Kier molecular flexibility index (Phi) is 4.82. The molecular formula is C22H19FN2O4S. The van der Waals surface area contributed by atoms with Gasteiger partial charge in [-0.1, -0.05) is 6.07 Å². The van der Waals surface area contributed by atoms with Crippen LogP contribution in [0.3, 0.4) is 0 Å². The molecule has 0 bridgehead atoms. The summed E-state index contributed by atoms with van der Waals surface area (Å²) in [7, 11) is -3.31. The van der Waals surface area contributed by atoms with Gasteiger partial charge in [-0.15, -0.1) is 0 Å². The van der Waals surface area contributed by atoms with Gasteiger partial charge in [-0.3, -0.25) is 9.78 Å². The molecule has 0 radical (unpaired) electrons. The fraction of sp³-hybridized carbons (Fsp3) is 0.182. The van der Waals surface area contributed by atoms with E-state index in [1.165, 1.54) is 18.2 Å². The molecule has 0 fully saturated rings. The molecule has 30 heavy (non-hydrogen) atoms. The second kappa shape index (κ2) is 7.21. The number of aromatic nitrogens is 2. The molecule has 0 aliphatic carbocycles. The number of hydrogen-bond donors (Lipinski definition) is 1. The standard InChI is InChI=1S/C22H19FN2O4S/c1-13-18(19-10-15(23)4-8-21(19)25(13)12-22(26)27)11-16-5-3-14-9-17(30(2,28)29)6-7-20(14)24-16/h3-10H,11-12H2,1-2H3,(H,26,27). The lowest BCUT2D eigenvalue weighted by atomic mass is 10.0. The first-order valence-corrected chi connectivity index (χ1v) is 11.1. The van der Waals surface area contributed by atoms with Gasteiger partial charge in [-0.25, -0.2) is 12.8 Å². The third kappa shape index (κ3) is 3.66. The number of pyridine rings is 1. The van der Waals surface area contributed by atoms with E-state index in [-0.39, 0.29) is 11.4 Å². The number of carbonyl (C=O) groups is 1. The minimum atomic E-state index is -3.31. The summed E-state index contributed by atoms with van der Waals surface area (Å²) in [6, 6.07) is 12.7. The van der Waals surface area contributed by atoms with Crippen LogP contribution in [0.5, 0.6) is 0 Å². The van der Waals surface area contributed by atoms with Gasteiger partial charge in [0.25, 0.3) is 0 Å². The van der Waals surface area contributed by atoms with E-state index in [0.29, 0.717) is 28.2 Å². The molecule has 0 unspecified atom stereocenters. The van der Waals surface area contributed by atoms with Gasteiger partial charge in [-0.2, -0.15) is 0 Å². The minimum Gasteiger partial charge on any atom is -0.480 e. The smallest absolute Gasteiger partial charge is 0.323 e. The van der Waals surface area contributed by atoms with Crippen LogP contribution in [0, 0.1) is 12.7 Å². The second-order valence-electron chi connectivity index (χ2n) is 7.31. The van der Waals surface area contributed by atoms with Crippen molar-refractivity contribution in [3.05, 3.63) is 71.3 Å². The fourth-order valence-electron chi connectivity index (χ4n) is 3.74. The molecule has 8 heteroatoms. The van der Waals surface area contributed by atoms with Gasteiger partial charge >= 0.3 is 5.97 Å². The van der Waals surface area contributed by atoms with Crippen molar-refractivity contribution in [2.45, 2.75) is 24.8 Å². The van der Waals surface area contributed by atoms with Crippen LogP contribution in [0.4, 0.5) is 4.39 Å². The fourth-order valence-corrected chi connectivity index (χ4v) is 4.40. The van der Waals surface area contributed by atoms with Gasteiger partial charge < -0.3 is 9.67 Å². The van der Waals surface area contributed by atoms with Crippen molar-refractivity contribution in [1.29, 1.82) is 0 Å². The van der Waals surface area contributed by atoms with E-state index in [1.807, 2.05) is 6.92 Å². The van der Waals surface area contributed by atoms with Crippen molar-refractivity contribution < 1.29 is 22.7 Å². The number of fused-ring (bicyclic) bond motifs is 2. The Hall–Kier alpha value is -3.26. The molecule has 2 aromatic heterocycles. The summed E-state index contributed by atoms with van der Waals surface area (Å²) in [6.07, 6.45) is 1.55. The molecule has 0 amide bonds. The molecule has 0 saturated heterocycles. The summed E-state index contributed by atoms with van der Waals surface area (Å²) in [5, 5.41) is 10.6. The number of aliphatic carboxylic acids is 1. The Balaban J connectivity index is 1.80. The zero-order valence-corrected chi connectivity index (χ0v) is 17.2. The van der Waals surface area contributed by atoms with E-state index < -0.39 is 21.6 Å². The number of rotatable bonds is 5. The highest BCUT2D eigenvalue weighted by Crippen LogP contribution is 2.29. The van der Waals surface area contributed by atoms with Crippen LogP contribution in [-0.2, 0) is 27.6 Å². The van der Waals surface area contributed by atoms with Crippen molar-refractivity contribution in [1.82, 2.24) is 9.55 Å². The van der Waals surface area contributed by atoms with Gasteiger partial charge in [-0.05, 0) is 55.0 Å². The third-order valence-corrected chi connectivity index (χ3v) is 6.32. The van der Waals surface area contributed by atoms with Gasteiger partial charge in [0, 0.05) is 40.4 Å². The molecule has 2 heterocycles. The average Bonchev–Trinajstić information content (AvgIpc) is 2.91. The zero-order valence-electron chi connectivity index (χ0n) is 16.4. The van der Waals surface area contributed by atoms with E-state index in [4.69, 9.17) is 0 Å². The highest BCUT2D eigenvalue weighted by molar-refractivity contribution is 7.90. The minimum absolute atomic E-state index is 0.215. The Bertz CT molecular complexity index is 1420. The Morgan fingerprint density at radius 2 is 1.90 bits per heavy atom. The molecular weight excluding hydrogens is 407 g/mol. The van der Waals surface area contributed by atoms with Crippen molar-refractivity contribution in [2.75, 3.05) is 6.26 Å². The Labute approximate surface area is 172 Å². The summed E-state index contributed by atoms with van der Waals surface area (Å²) in [5.74, 6) is -1.37. The summed E-state index contributed by atoms with van der Waals surface area (Å²) in [5.41, 5.74) is 3.58. The molecule has 6 nitrogen and oxygen atoms in total. The molecule has 0 aliphatic rings. The molecule has 0 spiro atoms. The van der Waals surface area contributed by atoms with Crippen LogP contribution in [0.2, 0.25) is 0 Å². The quantitative estimate of drug-likeness (QED) is 0.525. The van der Waals surface area contributed by atoms with Gasteiger partial charge in [0.2, 0.25) is 0 Å². The average molecular weight is 426 g/mol. The predicted octanol–water partition coefficient (Wildman–Crippen LogP) is 3.72. The Morgan fingerprint density at radius 3 is 2.60 bits per heavy atom. The molecule has 0 atom stereocenters. The van der Waals surface area contributed by atoms with E-state index in [0.717, 1.165) is 23.2 Å². The number of benzene rings is 2. The first kappa shape index (κ1) is 20.0. The van der Waals surface area contributed by atoms with Crippen LogP contribution >= 0.6 is 0 Å². The summed E-state index contributed by atoms with van der Waals surface area (Å²) >= 11 is 0. The lowest BCUT2D eigenvalue weighted by molar-refractivity contribution is -0.137. The lowest BCUT2D eigenvalue weighted by Crippen LogP contribution is -2.10. The number of sulfone groups is 1. The van der Waals surface area contributed by atoms with Crippen LogP contribution in [0.25, 0.3) is 21.8 Å². The van der Waals surface area contributed by atoms with Crippen molar-refractivity contribution in [2.24, 2.45) is 0 Å². The molecule has 154 valence electrons. The molecule has 0 saturated carbocycles. The maximum atomic E-state index is 13.9. The number of carboxylic acid groups (broad SMARTS) is 1. The van der Waals surface area contributed by atoms with Crippen molar-refractivity contribution in [3.8, 4) is 0 Å². The number of nitrogens with zero attached hydrogens (tertiary/aromatic N) is 2. The molecule has 4 aromatic rings. The highest BCUT2D eigenvalue weighted by atomic mass is 32.2. The monoisotopic (exact) mass is 426 g/mol.